The fourth-order valence-electron chi connectivity index (χ4n) is 5.50. The van der Waals surface area contributed by atoms with E-state index in [-0.39, 0.29) is 23.7 Å². The molecule has 0 bridgehead atoms. The number of aromatic amines is 1. The summed E-state index contributed by atoms with van der Waals surface area (Å²) in [5, 5.41) is 4.39. The van der Waals surface area contributed by atoms with Gasteiger partial charge in [0.25, 0.3) is 0 Å². The Hall–Kier alpha value is -2.73. The van der Waals surface area contributed by atoms with E-state index in [2.05, 4.69) is 52.8 Å². The molecule has 2 amide bonds. The van der Waals surface area contributed by atoms with Gasteiger partial charge in [0, 0.05) is 53.0 Å². The normalized spacial score (nSPS) is 20.2. The maximum atomic E-state index is 13.6. The van der Waals surface area contributed by atoms with Crippen LogP contribution in [0.2, 0.25) is 0 Å². The molecule has 5 rings (SSSR count). The molecule has 2 heterocycles. The molecule has 2 unspecified atom stereocenters. The maximum absolute atomic E-state index is 13.6. The minimum Gasteiger partial charge on any atom is -0.357 e. The predicted octanol–water partition coefficient (Wildman–Crippen LogP) is 4.91. The lowest BCUT2D eigenvalue weighted by molar-refractivity contribution is -0.144. The summed E-state index contributed by atoms with van der Waals surface area (Å²) in [6, 6.07) is 18.8. The molecule has 2 atom stereocenters. The molecule has 2 aromatic carbocycles. The van der Waals surface area contributed by atoms with Crippen LogP contribution in [0, 0.1) is 11.8 Å². The largest absolute Gasteiger partial charge is 0.357 e. The van der Waals surface area contributed by atoms with Crippen molar-refractivity contribution in [2.24, 2.45) is 11.8 Å². The number of carbonyl (C=O) groups excluding carboxylic acids is 2. The van der Waals surface area contributed by atoms with E-state index < -0.39 is 0 Å². The van der Waals surface area contributed by atoms with Crippen molar-refractivity contribution in [3.63, 3.8) is 0 Å². The summed E-state index contributed by atoms with van der Waals surface area (Å²) in [5.74, 6) is 1.64. The van der Waals surface area contributed by atoms with Crippen molar-refractivity contribution in [3.05, 3.63) is 71.4 Å². The van der Waals surface area contributed by atoms with E-state index in [9.17, 15) is 9.59 Å². The SMILES string of the molecule is O=C(NCCSCc1ccccc1)C1CCCCC1C(=O)N1CCc2c([nH]c3ccccc23)C1. The van der Waals surface area contributed by atoms with Crippen LogP contribution in [-0.4, -0.2) is 40.5 Å². The molecule has 1 aliphatic heterocycles. The number of hydrogen-bond donors (Lipinski definition) is 2. The Morgan fingerprint density at radius 2 is 1.76 bits per heavy atom. The van der Waals surface area contributed by atoms with Crippen LogP contribution in [0.1, 0.15) is 42.5 Å². The van der Waals surface area contributed by atoms with Gasteiger partial charge in [-0.2, -0.15) is 11.8 Å². The van der Waals surface area contributed by atoms with Crippen LogP contribution >= 0.6 is 11.8 Å². The Morgan fingerprint density at radius 3 is 2.62 bits per heavy atom. The zero-order valence-corrected chi connectivity index (χ0v) is 20.4. The average Bonchev–Trinajstić information content (AvgIpc) is 3.26. The van der Waals surface area contributed by atoms with Gasteiger partial charge in [-0.05, 0) is 36.5 Å². The first-order chi connectivity index (χ1) is 16.7. The minimum atomic E-state index is -0.204. The van der Waals surface area contributed by atoms with Gasteiger partial charge in [-0.1, -0.05) is 61.4 Å². The number of aromatic nitrogens is 1. The van der Waals surface area contributed by atoms with Crippen molar-refractivity contribution in [2.45, 2.75) is 44.4 Å². The number of carbonyl (C=O) groups is 2. The van der Waals surface area contributed by atoms with Crippen LogP contribution in [0.5, 0.6) is 0 Å². The van der Waals surface area contributed by atoms with Gasteiger partial charge in [-0.25, -0.2) is 0 Å². The number of H-pyrrole nitrogens is 1. The molecule has 6 heteroatoms. The maximum Gasteiger partial charge on any atom is 0.226 e. The van der Waals surface area contributed by atoms with Crippen LogP contribution in [0.3, 0.4) is 0 Å². The topological polar surface area (TPSA) is 65.2 Å². The number of nitrogens with one attached hydrogen (secondary N) is 2. The Morgan fingerprint density at radius 1 is 1.00 bits per heavy atom. The third-order valence-electron chi connectivity index (χ3n) is 7.27. The number of thioether (sulfide) groups is 1. The van der Waals surface area contributed by atoms with Crippen LogP contribution in [0.25, 0.3) is 10.9 Å². The van der Waals surface area contributed by atoms with E-state index in [1.165, 1.54) is 16.5 Å². The molecule has 178 valence electrons. The highest BCUT2D eigenvalue weighted by molar-refractivity contribution is 7.98. The Labute approximate surface area is 205 Å². The number of para-hydroxylation sites is 1. The van der Waals surface area contributed by atoms with Gasteiger partial charge < -0.3 is 15.2 Å². The summed E-state index contributed by atoms with van der Waals surface area (Å²) in [7, 11) is 0. The molecule has 0 spiro atoms. The summed E-state index contributed by atoms with van der Waals surface area (Å²) < 4.78 is 0. The van der Waals surface area contributed by atoms with Crippen LogP contribution in [0.4, 0.5) is 0 Å². The lowest BCUT2D eigenvalue weighted by atomic mass is 9.77. The van der Waals surface area contributed by atoms with Gasteiger partial charge in [0.2, 0.25) is 11.8 Å². The van der Waals surface area contributed by atoms with E-state index >= 15 is 0 Å². The fraction of sp³-hybridized carbons (Fsp3) is 0.429. The lowest BCUT2D eigenvalue weighted by Crippen LogP contribution is -2.47. The Kier molecular flexibility index (Phi) is 7.24. The molecule has 0 saturated heterocycles. The third-order valence-corrected chi connectivity index (χ3v) is 8.30. The number of nitrogens with zero attached hydrogens (tertiary/aromatic N) is 1. The van der Waals surface area contributed by atoms with Gasteiger partial charge in [0.15, 0.2) is 0 Å². The van der Waals surface area contributed by atoms with Crippen molar-refractivity contribution in [2.75, 3.05) is 18.8 Å². The Bertz CT molecular complexity index is 1140. The summed E-state index contributed by atoms with van der Waals surface area (Å²) >= 11 is 1.83. The number of hydrogen-bond acceptors (Lipinski definition) is 3. The van der Waals surface area contributed by atoms with Gasteiger partial charge in [-0.3, -0.25) is 9.59 Å². The predicted molar refractivity (Wildman–Crippen MR) is 138 cm³/mol. The zero-order valence-electron chi connectivity index (χ0n) is 19.6. The van der Waals surface area contributed by atoms with E-state index in [4.69, 9.17) is 0 Å². The number of benzene rings is 2. The third kappa shape index (κ3) is 5.02. The molecule has 0 radical (unpaired) electrons. The van der Waals surface area contributed by atoms with Gasteiger partial charge in [-0.15, -0.1) is 0 Å². The van der Waals surface area contributed by atoms with Crippen molar-refractivity contribution in [1.29, 1.82) is 0 Å². The standard InChI is InChI=1S/C28H33N3O2S/c32-27(29-15-17-34-19-20-8-2-1-3-9-20)23-11-4-5-12-24(23)28(33)31-16-14-22-21-10-6-7-13-25(21)30-26(22)18-31/h1-3,6-10,13,23-24,30H,4-5,11-12,14-19H2,(H,29,32). The van der Waals surface area contributed by atoms with Gasteiger partial charge in [0.05, 0.1) is 6.54 Å². The second-order valence-corrected chi connectivity index (χ2v) is 10.6. The molecular weight excluding hydrogens is 442 g/mol. The van der Waals surface area contributed by atoms with Gasteiger partial charge in [0.1, 0.15) is 0 Å². The molecule has 2 N–H and O–H groups in total. The van der Waals surface area contributed by atoms with Crippen LogP contribution in [-0.2, 0) is 28.3 Å². The molecule has 2 aliphatic rings. The highest BCUT2D eigenvalue weighted by Gasteiger charge is 2.38. The molecular formula is C28H33N3O2S. The summed E-state index contributed by atoms with van der Waals surface area (Å²) in [4.78, 5) is 32.1. The number of fused-ring (bicyclic) bond motifs is 3. The monoisotopic (exact) mass is 475 g/mol. The lowest BCUT2D eigenvalue weighted by Gasteiger charge is -2.35. The van der Waals surface area contributed by atoms with Gasteiger partial charge >= 0.3 is 0 Å². The van der Waals surface area contributed by atoms with E-state index in [1.807, 2.05) is 28.8 Å². The number of amides is 2. The van der Waals surface area contributed by atoms with Crippen molar-refractivity contribution in [1.82, 2.24) is 15.2 Å². The molecule has 5 nitrogen and oxygen atoms in total. The molecule has 1 fully saturated rings. The average molecular weight is 476 g/mol. The summed E-state index contributed by atoms with van der Waals surface area (Å²) in [6.45, 7) is 1.99. The second kappa shape index (κ2) is 10.7. The smallest absolute Gasteiger partial charge is 0.226 e. The molecule has 3 aromatic rings. The highest BCUT2D eigenvalue weighted by Crippen LogP contribution is 2.34. The van der Waals surface area contributed by atoms with Crippen LogP contribution in [0.15, 0.2) is 54.6 Å². The van der Waals surface area contributed by atoms with Crippen molar-refractivity contribution in [3.8, 4) is 0 Å². The quantitative estimate of drug-likeness (QED) is 0.477. The number of rotatable bonds is 7. The van der Waals surface area contributed by atoms with Crippen molar-refractivity contribution >= 4 is 34.5 Å². The zero-order chi connectivity index (χ0) is 23.3. The molecule has 1 aromatic heterocycles. The first-order valence-electron chi connectivity index (χ1n) is 12.5. The van der Waals surface area contributed by atoms with E-state index in [1.54, 1.807) is 0 Å². The molecule has 1 aliphatic carbocycles. The first-order valence-corrected chi connectivity index (χ1v) is 13.6. The molecule has 1 saturated carbocycles. The minimum absolute atomic E-state index is 0.0571. The highest BCUT2D eigenvalue weighted by atomic mass is 32.2. The Balaban J connectivity index is 1.16. The van der Waals surface area contributed by atoms with E-state index in [0.29, 0.717) is 13.1 Å². The van der Waals surface area contributed by atoms with E-state index in [0.717, 1.165) is 61.4 Å². The van der Waals surface area contributed by atoms with Crippen molar-refractivity contribution < 1.29 is 9.59 Å². The second-order valence-electron chi connectivity index (χ2n) is 9.46. The summed E-state index contributed by atoms with van der Waals surface area (Å²) in [6.07, 6.45) is 4.54. The van der Waals surface area contributed by atoms with Crippen LogP contribution < -0.4 is 5.32 Å². The molecule has 34 heavy (non-hydrogen) atoms. The fourth-order valence-corrected chi connectivity index (χ4v) is 6.32. The summed E-state index contributed by atoms with van der Waals surface area (Å²) in [5.41, 5.74) is 4.93. The first kappa shape index (κ1) is 23.0.